The Morgan fingerprint density at radius 2 is 1.48 bits per heavy atom. The number of hydrogen-bond acceptors (Lipinski definition) is 3. The minimum atomic E-state index is -0.321. The molecule has 2 aliphatic rings. The van der Waals surface area contributed by atoms with Crippen LogP contribution in [0.5, 0.6) is 0 Å². The number of fused-ring (bicyclic) bond motifs is 1. The SMILES string of the molecule is CC(C)c1cccc(C(C)C)c1NC(=O)CN1C(=O)[C@H]2CC=CC[C@@H]2C1=O. The fourth-order valence-electron chi connectivity index (χ4n) is 4.04. The molecule has 3 rings (SSSR count). The molecule has 1 N–H and O–H groups in total. The van der Waals surface area contributed by atoms with E-state index in [1.807, 2.05) is 30.4 Å². The summed E-state index contributed by atoms with van der Waals surface area (Å²) in [5.41, 5.74) is 2.93. The number of nitrogens with one attached hydrogen (secondary N) is 1. The number of likely N-dealkylation sites (tertiary alicyclic amines) is 1. The molecule has 1 aromatic rings. The Morgan fingerprint density at radius 3 is 1.93 bits per heavy atom. The lowest BCUT2D eigenvalue weighted by Crippen LogP contribution is -2.38. The zero-order chi connectivity index (χ0) is 19.7. The highest BCUT2D eigenvalue weighted by Crippen LogP contribution is 2.35. The molecule has 1 aromatic carbocycles. The smallest absolute Gasteiger partial charge is 0.244 e. The van der Waals surface area contributed by atoms with Crippen LogP contribution in [0.4, 0.5) is 5.69 Å². The molecular weight excluding hydrogens is 340 g/mol. The molecule has 1 saturated heterocycles. The van der Waals surface area contributed by atoms with E-state index in [4.69, 9.17) is 0 Å². The van der Waals surface area contributed by atoms with E-state index >= 15 is 0 Å². The van der Waals surface area contributed by atoms with Gasteiger partial charge in [-0.3, -0.25) is 19.3 Å². The van der Waals surface area contributed by atoms with Crippen LogP contribution in [0.2, 0.25) is 0 Å². The molecule has 144 valence electrons. The first-order valence-corrected chi connectivity index (χ1v) is 9.74. The highest BCUT2D eigenvalue weighted by atomic mass is 16.2. The second kappa shape index (κ2) is 7.67. The van der Waals surface area contributed by atoms with Crippen LogP contribution in [0.15, 0.2) is 30.4 Å². The number of carbonyl (C=O) groups is 3. The van der Waals surface area contributed by atoms with Crippen molar-refractivity contribution in [1.29, 1.82) is 0 Å². The third-order valence-electron chi connectivity index (χ3n) is 5.54. The van der Waals surface area contributed by atoms with Crippen LogP contribution in [0, 0.1) is 11.8 Å². The molecule has 2 atom stereocenters. The van der Waals surface area contributed by atoms with Crippen LogP contribution in [-0.4, -0.2) is 29.2 Å². The lowest BCUT2D eigenvalue weighted by Gasteiger charge is -2.21. The topological polar surface area (TPSA) is 66.5 Å². The quantitative estimate of drug-likeness (QED) is 0.635. The molecule has 27 heavy (non-hydrogen) atoms. The van der Waals surface area contributed by atoms with E-state index in [-0.39, 0.29) is 47.9 Å². The molecule has 0 saturated carbocycles. The average molecular weight is 368 g/mol. The van der Waals surface area contributed by atoms with Crippen LogP contribution in [0.1, 0.15) is 63.5 Å². The van der Waals surface area contributed by atoms with Crippen molar-refractivity contribution in [2.24, 2.45) is 11.8 Å². The number of carbonyl (C=O) groups excluding carboxylic acids is 3. The standard InChI is InChI=1S/C22H28N2O3/c1-13(2)15-10-7-11-16(14(3)4)20(15)23-19(25)12-24-21(26)17-8-5-6-9-18(17)22(24)27/h5-7,10-11,13-14,17-18H,8-9,12H2,1-4H3,(H,23,25)/t17-,18-/m0/s1. The third-order valence-corrected chi connectivity index (χ3v) is 5.54. The maximum atomic E-state index is 12.7. The molecule has 0 radical (unpaired) electrons. The monoisotopic (exact) mass is 368 g/mol. The highest BCUT2D eigenvalue weighted by Gasteiger charge is 2.47. The number of benzene rings is 1. The maximum Gasteiger partial charge on any atom is 0.244 e. The number of imide groups is 1. The van der Waals surface area contributed by atoms with Gasteiger partial charge in [-0.1, -0.05) is 58.0 Å². The zero-order valence-electron chi connectivity index (χ0n) is 16.5. The molecule has 3 amide bonds. The number of allylic oxidation sites excluding steroid dienone is 2. The molecule has 0 bridgehead atoms. The Labute approximate surface area is 160 Å². The van der Waals surface area contributed by atoms with Gasteiger partial charge in [-0.15, -0.1) is 0 Å². The van der Waals surface area contributed by atoms with E-state index in [1.54, 1.807) is 0 Å². The van der Waals surface area contributed by atoms with Crippen molar-refractivity contribution in [2.45, 2.75) is 52.4 Å². The first kappa shape index (κ1) is 19.3. The average Bonchev–Trinajstić information content (AvgIpc) is 2.86. The van der Waals surface area contributed by atoms with Crippen molar-refractivity contribution in [2.75, 3.05) is 11.9 Å². The van der Waals surface area contributed by atoms with Crippen LogP contribution in [-0.2, 0) is 14.4 Å². The minimum Gasteiger partial charge on any atom is -0.324 e. The summed E-state index contributed by atoms with van der Waals surface area (Å²) in [5.74, 6) is -0.852. The van der Waals surface area contributed by atoms with E-state index in [9.17, 15) is 14.4 Å². The summed E-state index contributed by atoms with van der Waals surface area (Å²) < 4.78 is 0. The summed E-state index contributed by atoms with van der Waals surface area (Å²) in [6.07, 6.45) is 5.06. The molecule has 1 fully saturated rings. The molecule has 1 aliphatic heterocycles. The van der Waals surface area contributed by atoms with Gasteiger partial charge in [0.15, 0.2) is 0 Å². The van der Waals surface area contributed by atoms with Crippen molar-refractivity contribution in [3.05, 3.63) is 41.5 Å². The largest absolute Gasteiger partial charge is 0.324 e. The molecule has 5 nitrogen and oxygen atoms in total. The van der Waals surface area contributed by atoms with Gasteiger partial charge in [0, 0.05) is 5.69 Å². The first-order chi connectivity index (χ1) is 12.8. The van der Waals surface area contributed by atoms with Crippen molar-refractivity contribution >= 4 is 23.4 Å². The van der Waals surface area contributed by atoms with Crippen LogP contribution in [0.3, 0.4) is 0 Å². The van der Waals surface area contributed by atoms with Gasteiger partial charge in [-0.05, 0) is 35.8 Å². The first-order valence-electron chi connectivity index (χ1n) is 9.74. The number of anilines is 1. The van der Waals surface area contributed by atoms with Crippen molar-refractivity contribution < 1.29 is 14.4 Å². The van der Waals surface area contributed by atoms with Gasteiger partial charge in [-0.2, -0.15) is 0 Å². The van der Waals surface area contributed by atoms with Gasteiger partial charge in [0.1, 0.15) is 6.54 Å². The van der Waals surface area contributed by atoms with Crippen molar-refractivity contribution in [1.82, 2.24) is 4.90 Å². The predicted molar refractivity (Wildman–Crippen MR) is 105 cm³/mol. The molecular formula is C22H28N2O3. The Bertz CT molecular complexity index is 742. The summed E-state index contributed by atoms with van der Waals surface area (Å²) in [5, 5.41) is 2.99. The Hall–Kier alpha value is -2.43. The second-order valence-corrected chi connectivity index (χ2v) is 8.09. The summed E-state index contributed by atoms with van der Waals surface area (Å²) in [6.45, 7) is 8.12. The molecule has 5 heteroatoms. The minimum absolute atomic E-state index is 0.214. The van der Waals surface area contributed by atoms with Gasteiger partial charge in [-0.25, -0.2) is 0 Å². The number of hydrogen-bond donors (Lipinski definition) is 1. The van der Waals surface area contributed by atoms with Crippen LogP contribution < -0.4 is 5.32 Å². The van der Waals surface area contributed by atoms with E-state index in [1.165, 1.54) is 0 Å². The maximum absolute atomic E-state index is 12.7. The number of para-hydroxylation sites is 1. The Morgan fingerprint density at radius 1 is 1.00 bits per heavy atom. The Balaban J connectivity index is 1.79. The molecule has 0 aromatic heterocycles. The molecule has 1 heterocycles. The lowest BCUT2D eigenvalue weighted by molar-refractivity contribution is -0.142. The second-order valence-electron chi connectivity index (χ2n) is 8.09. The lowest BCUT2D eigenvalue weighted by atomic mass is 9.85. The normalized spacial score (nSPS) is 21.9. The summed E-state index contributed by atoms with van der Waals surface area (Å²) in [4.78, 5) is 39.0. The zero-order valence-corrected chi connectivity index (χ0v) is 16.5. The number of rotatable bonds is 5. The Kier molecular flexibility index (Phi) is 5.49. The predicted octanol–water partition coefficient (Wildman–Crippen LogP) is 3.82. The molecule has 0 unspecified atom stereocenters. The number of amides is 3. The van der Waals surface area contributed by atoms with Gasteiger partial charge >= 0.3 is 0 Å². The highest BCUT2D eigenvalue weighted by molar-refractivity contribution is 6.09. The molecule has 1 aliphatic carbocycles. The number of nitrogens with zero attached hydrogens (tertiary/aromatic N) is 1. The van der Waals surface area contributed by atoms with E-state index in [0.29, 0.717) is 12.8 Å². The van der Waals surface area contributed by atoms with Crippen LogP contribution >= 0.6 is 0 Å². The van der Waals surface area contributed by atoms with Crippen molar-refractivity contribution in [3.8, 4) is 0 Å². The fourth-order valence-corrected chi connectivity index (χ4v) is 4.04. The van der Waals surface area contributed by atoms with E-state index in [0.717, 1.165) is 21.7 Å². The third kappa shape index (κ3) is 3.68. The van der Waals surface area contributed by atoms with Gasteiger partial charge in [0.25, 0.3) is 0 Å². The van der Waals surface area contributed by atoms with Gasteiger partial charge in [0.2, 0.25) is 17.7 Å². The van der Waals surface area contributed by atoms with Gasteiger partial charge in [0.05, 0.1) is 11.8 Å². The summed E-state index contributed by atoms with van der Waals surface area (Å²) in [6, 6.07) is 6.03. The summed E-state index contributed by atoms with van der Waals surface area (Å²) >= 11 is 0. The van der Waals surface area contributed by atoms with Crippen LogP contribution in [0.25, 0.3) is 0 Å². The van der Waals surface area contributed by atoms with E-state index < -0.39 is 0 Å². The van der Waals surface area contributed by atoms with E-state index in [2.05, 4.69) is 33.0 Å². The summed E-state index contributed by atoms with van der Waals surface area (Å²) in [7, 11) is 0. The fraction of sp³-hybridized carbons (Fsp3) is 0.500. The van der Waals surface area contributed by atoms with Gasteiger partial charge < -0.3 is 5.32 Å². The molecule has 0 spiro atoms. The van der Waals surface area contributed by atoms with Crippen molar-refractivity contribution in [3.63, 3.8) is 0 Å².